The van der Waals surface area contributed by atoms with Crippen molar-refractivity contribution in [3.05, 3.63) is 71.8 Å². The van der Waals surface area contributed by atoms with Gasteiger partial charge in [0.25, 0.3) is 0 Å². The predicted molar refractivity (Wildman–Crippen MR) is 87.8 cm³/mol. The molecule has 2 aromatic carbocycles. The fraction of sp³-hybridized carbons (Fsp3) is 0.333. The molecule has 0 spiro atoms. The molecule has 2 nitrogen and oxygen atoms in total. The number of hydrogen-bond acceptors (Lipinski definition) is 2. The van der Waals surface area contributed by atoms with Crippen LogP contribution in [0.2, 0.25) is 0 Å². The first-order valence-corrected chi connectivity index (χ1v) is 7.19. The van der Waals surface area contributed by atoms with Crippen molar-refractivity contribution < 1.29 is 0 Å². The van der Waals surface area contributed by atoms with E-state index in [1.807, 2.05) is 36.4 Å². The molecule has 2 aromatic rings. The molecular weight excluding hydrogens is 244 g/mol. The van der Waals surface area contributed by atoms with Gasteiger partial charge in [0.1, 0.15) is 0 Å². The van der Waals surface area contributed by atoms with Crippen LogP contribution in [0, 0.1) is 0 Å². The number of benzene rings is 2. The van der Waals surface area contributed by atoms with E-state index in [1.54, 1.807) is 0 Å². The smallest absolute Gasteiger partial charge is 0.00109 e. The van der Waals surface area contributed by atoms with Crippen LogP contribution in [-0.2, 0) is 0 Å². The average Bonchev–Trinajstić information content (AvgIpc) is 2.55. The van der Waals surface area contributed by atoms with Crippen molar-refractivity contribution >= 4 is 0 Å². The van der Waals surface area contributed by atoms with Crippen LogP contribution in [0.25, 0.3) is 0 Å². The lowest BCUT2D eigenvalue weighted by atomic mass is 10.0. The summed E-state index contributed by atoms with van der Waals surface area (Å²) in [7, 11) is 0. The molecule has 0 aliphatic heterocycles. The van der Waals surface area contributed by atoms with Gasteiger partial charge in [-0.25, -0.2) is 0 Å². The summed E-state index contributed by atoms with van der Waals surface area (Å²) in [4.78, 5) is 0. The second-order valence-corrected chi connectivity index (χ2v) is 5.09. The molecule has 0 fully saturated rings. The number of hydrogen-bond donors (Lipinski definition) is 2. The molecule has 2 unspecified atom stereocenters. The molecule has 0 aromatic heterocycles. The van der Waals surface area contributed by atoms with E-state index in [-0.39, 0.29) is 0 Å². The summed E-state index contributed by atoms with van der Waals surface area (Å²) in [5.41, 5.74) is 13.7. The largest absolute Gasteiger partial charge is 0.330 e. The first-order chi connectivity index (χ1) is 9.69. The summed E-state index contributed by atoms with van der Waals surface area (Å²) >= 11 is 0. The Balaban J connectivity index is 0.000000200. The van der Waals surface area contributed by atoms with Gasteiger partial charge in [0.05, 0.1) is 0 Å². The van der Waals surface area contributed by atoms with E-state index in [4.69, 9.17) is 11.5 Å². The summed E-state index contributed by atoms with van der Waals surface area (Å²) in [6.45, 7) is 5.72. The van der Waals surface area contributed by atoms with Gasteiger partial charge in [0, 0.05) is 0 Å². The maximum Gasteiger partial charge on any atom is -0.00109 e. The standard InChI is InChI=1S/2C9H13N/c2*1-8(7-10)9-5-3-2-4-6-9/h2*2-6,8H,7,10H2,1H3. The zero-order chi connectivity index (χ0) is 14.8. The van der Waals surface area contributed by atoms with Gasteiger partial charge >= 0.3 is 0 Å². The third-order valence-corrected chi connectivity index (χ3v) is 3.44. The van der Waals surface area contributed by atoms with Gasteiger partial charge in [0.15, 0.2) is 0 Å². The van der Waals surface area contributed by atoms with Crippen LogP contribution in [0.1, 0.15) is 36.8 Å². The second-order valence-electron chi connectivity index (χ2n) is 5.09. The van der Waals surface area contributed by atoms with Crippen molar-refractivity contribution in [2.24, 2.45) is 11.5 Å². The van der Waals surface area contributed by atoms with Crippen molar-refractivity contribution in [2.45, 2.75) is 25.7 Å². The van der Waals surface area contributed by atoms with Gasteiger partial charge in [0.2, 0.25) is 0 Å². The van der Waals surface area contributed by atoms with Gasteiger partial charge in [-0.2, -0.15) is 0 Å². The Bertz CT molecular complexity index is 408. The van der Waals surface area contributed by atoms with Crippen LogP contribution in [0.3, 0.4) is 0 Å². The summed E-state index contributed by atoms with van der Waals surface area (Å²) < 4.78 is 0. The molecule has 20 heavy (non-hydrogen) atoms. The van der Waals surface area contributed by atoms with Crippen LogP contribution in [-0.4, -0.2) is 13.1 Å². The van der Waals surface area contributed by atoms with E-state index >= 15 is 0 Å². The molecule has 0 radical (unpaired) electrons. The maximum atomic E-state index is 5.50. The first kappa shape index (κ1) is 16.4. The van der Waals surface area contributed by atoms with Gasteiger partial charge in [-0.15, -0.1) is 0 Å². The summed E-state index contributed by atoms with van der Waals surface area (Å²) in [5.74, 6) is 0.974. The maximum absolute atomic E-state index is 5.50. The SMILES string of the molecule is CC(CN)c1ccccc1.CC(CN)c1ccccc1. The molecular formula is C18H26N2. The van der Waals surface area contributed by atoms with Crippen molar-refractivity contribution in [2.75, 3.05) is 13.1 Å². The third-order valence-electron chi connectivity index (χ3n) is 3.44. The molecule has 0 aliphatic rings. The Labute approximate surface area is 122 Å². The minimum atomic E-state index is 0.487. The van der Waals surface area contributed by atoms with Crippen molar-refractivity contribution in [1.29, 1.82) is 0 Å². The van der Waals surface area contributed by atoms with Crippen molar-refractivity contribution in [1.82, 2.24) is 0 Å². The molecule has 108 valence electrons. The third kappa shape index (κ3) is 5.55. The van der Waals surface area contributed by atoms with E-state index in [1.165, 1.54) is 11.1 Å². The van der Waals surface area contributed by atoms with Gasteiger partial charge in [-0.1, -0.05) is 74.5 Å². The molecule has 0 saturated carbocycles. The molecule has 0 saturated heterocycles. The monoisotopic (exact) mass is 270 g/mol. The summed E-state index contributed by atoms with van der Waals surface area (Å²) in [5, 5.41) is 0. The molecule has 4 N–H and O–H groups in total. The van der Waals surface area contributed by atoms with E-state index < -0.39 is 0 Å². The fourth-order valence-electron chi connectivity index (χ4n) is 1.84. The lowest BCUT2D eigenvalue weighted by Crippen LogP contribution is -2.08. The van der Waals surface area contributed by atoms with Crippen LogP contribution in [0.4, 0.5) is 0 Å². The summed E-state index contributed by atoms with van der Waals surface area (Å²) in [6, 6.07) is 20.6. The van der Waals surface area contributed by atoms with E-state index in [0.29, 0.717) is 11.8 Å². The molecule has 0 heterocycles. The quantitative estimate of drug-likeness (QED) is 0.893. The van der Waals surface area contributed by atoms with E-state index in [9.17, 15) is 0 Å². The Hall–Kier alpha value is -1.64. The average molecular weight is 270 g/mol. The molecule has 2 rings (SSSR count). The molecule has 2 atom stereocenters. The molecule has 0 amide bonds. The highest BCUT2D eigenvalue weighted by atomic mass is 14.5. The Kier molecular flexibility index (Phi) is 7.63. The highest BCUT2D eigenvalue weighted by Gasteiger charge is 1.99. The molecule has 0 bridgehead atoms. The van der Waals surface area contributed by atoms with E-state index in [0.717, 1.165) is 13.1 Å². The van der Waals surface area contributed by atoms with Crippen LogP contribution in [0.15, 0.2) is 60.7 Å². The summed E-state index contributed by atoms with van der Waals surface area (Å²) in [6.07, 6.45) is 0. The fourth-order valence-corrected chi connectivity index (χ4v) is 1.84. The van der Waals surface area contributed by atoms with Gasteiger partial charge < -0.3 is 11.5 Å². The number of nitrogens with two attached hydrogens (primary N) is 2. The predicted octanol–water partition coefficient (Wildman–Crippen LogP) is 3.50. The van der Waals surface area contributed by atoms with Crippen molar-refractivity contribution in [3.63, 3.8) is 0 Å². The Morgan fingerprint density at radius 1 is 0.650 bits per heavy atom. The minimum Gasteiger partial charge on any atom is -0.330 e. The first-order valence-electron chi connectivity index (χ1n) is 7.19. The van der Waals surface area contributed by atoms with Gasteiger partial charge in [-0.05, 0) is 36.1 Å². The van der Waals surface area contributed by atoms with Crippen LogP contribution >= 0.6 is 0 Å². The Morgan fingerprint density at radius 3 is 1.20 bits per heavy atom. The van der Waals surface area contributed by atoms with Crippen molar-refractivity contribution in [3.8, 4) is 0 Å². The lowest BCUT2D eigenvalue weighted by molar-refractivity contribution is 0.774. The Morgan fingerprint density at radius 2 is 0.950 bits per heavy atom. The second kappa shape index (κ2) is 9.29. The minimum absolute atomic E-state index is 0.487. The molecule has 0 aliphatic carbocycles. The normalized spacial score (nSPS) is 13.0. The lowest BCUT2D eigenvalue weighted by Gasteiger charge is -2.06. The highest BCUT2D eigenvalue weighted by Crippen LogP contribution is 2.12. The highest BCUT2D eigenvalue weighted by molar-refractivity contribution is 5.19. The zero-order valence-electron chi connectivity index (χ0n) is 12.5. The molecule has 2 heteroatoms. The van der Waals surface area contributed by atoms with Crippen LogP contribution in [0.5, 0.6) is 0 Å². The zero-order valence-corrected chi connectivity index (χ0v) is 12.5. The topological polar surface area (TPSA) is 52.0 Å². The van der Waals surface area contributed by atoms with Gasteiger partial charge in [-0.3, -0.25) is 0 Å². The van der Waals surface area contributed by atoms with E-state index in [2.05, 4.69) is 38.1 Å². The van der Waals surface area contributed by atoms with Crippen LogP contribution < -0.4 is 11.5 Å². The number of rotatable bonds is 4.